The second kappa shape index (κ2) is 8.64. The number of amides is 2. The molecular weight excluding hydrogens is 376 g/mol. The Morgan fingerprint density at radius 2 is 2.03 bits per heavy atom. The normalized spacial score (nSPS) is 15.5. The molecule has 29 heavy (non-hydrogen) atoms. The lowest BCUT2D eigenvalue weighted by atomic mass is 9.98. The van der Waals surface area contributed by atoms with Crippen molar-refractivity contribution in [3.63, 3.8) is 0 Å². The second-order valence-corrected chi connectivity index (χ2v) is 7.59. The van der Waals surface area contributed by atoms with E-state index in [1.54, 1.807) is 26.3 Å². The molecule has 3 rings (SSSR count). The molecule has 3 N–H and O–H groups in total. The number of carbonyl (C=O) groups excluding carboxylic acids is 2. The van der Waals surface area contributed by atoms with Crippen LogP contribution in [0.25, 0.3) is 0 Å². The van der Waals surface area contributed by atoms with E-state index in [0.29, 0.717) is 42.3 Å². The first kappa shape index (κ1) is 20.8. The first-order valence-corrected chi connectivity index (χ1v) is 9.71. The highest BCUT2D eigenvalue weighted by Gasteiger charge is 2.41. The summed E-state index contributed by atoms with van der Waals surface area (Å²) >= 11 is 0. The summed E-state index contributed by atoms with van der Waals surface area (Å²) in [5, 5.41) is 16.9. The molecule has 1 saturated carbocycles. The number of aromatic amines is 1. The van der Waals surface area contributed by atoms with Crippen molar-refractivity contribution in [2.45, 2.75) is 57.8 Å². The molecule has 0 saturated heterocycles. The number of nitrogens with one attached hydrogen (secondary N) is 3. The van der Waals surface area contributed by atoms with Gasteiger partial charge in [-0.2, -0.15) is 10.2 Å². The van der Waals surface area contributed by atoms with E-state index in [-0.39, 0.29) is 11.9 Å². The van der Waals surface area contributed by atoms with Gasteiger partial charge in [-0.1, -0.05) is 0 Å². The molecule has 0 aliphatic heterocycles. The molecule has 10 nitrogen and oxygen atoms in total. The highest BCUT2D eigenvalue weighted by Crippen LogP contribution is 2.42. The van der Waals surface area contributed by atoms with Crippen LogP contribution in [0.4, 0.5) is 10.6 Å². The van der Waals surface area contributed by atoms with Gasteiger partial charge in [0.2, 0.25) is 0 Å². The highest BCUT2D eigenvalue weighted by molar-refractivity contribution is 6.02. The molecule has 0 bridgehead atoms. The van der Waals surface area contributed by atoms with Crippen molar-refractivity contribution < 1.29 is 19.1 Å². The van der Waals surface area contributed by atoms with Crippen LogP contribution in [0.3, 0.4) is 0 Å². The number of aryl methyl sites for hydroxylation is 1. The Kier molecular flexibility index (Phi) is 6.21. The number of aromatic nitrogens is 4. The van der Waals surface area contributed by atoms with Crippen molar-refractivity contribution in [3.05, 3.63) is 29.2 Å². The van der Waals surface area contributed by atoms with Crippen LogP contribution in [0, 0.1) is 0 Å². The van der Waals surface area contributed by atoms with Crippen LogP contribution < -0.4 is 10.6 Å². The number of hydrogen-bond donors (Lipinski definition) is 3. The average Bonchev–Trinajstić information content (AvgIpc) is 3.35. The molecule has 2 amide bonds. The summed E-state index contributed by atoms with van der Waals surface area (Å²) in [6.07, 6.45) is 2.86. The van der Waals surface area contributed by atoms with Crippen molar-refractivity contribution in [2.75, 3.05) is 12.4 Å². The lowest BCUT2D eigenvalue weighted by molar-refractivity contribution is 0.00804. The number of anilines is 1. The Balaban J connectivity index is 1.73. The summed E-state index contributed by atoms with van der Waals surface area (Å²) in [7, 11) is 3.26. The Morgan fingerprint density at radius 3 is 2.69 bits per heavy atom. The van der Waals surface area contributed by atoms with Gasteiger partial charge in [-0.15, -0.1) is 0 Å². The van der Waals surface area contributed by atoms with Gasteiger partial charge in [-0.25, -0.2) is 4.79 Å². The third kappa shape index (κ3) is 4.76. The predicted octanol–water partition coefficient (Wildman–Crippen LogP) is 2.45. The molecule has 2 aromatic rings. The summed E-state index contributed by atoms with van der Waals surface area (Å²) in [5.74, 6) is 0.0259. The maximum Gasteiger partial charge on any atom is 0.408 e. The van der Waals surface area contributed by atoms with E-state index < -0.39 is 11.7 Å². The fourth-order valence-corrected chi connectivity index (χ4v) is 3.57. The molecule has 1 aliphatic rings. The van der Waals surface area contributed by atoms with E-state index in [1.165, 1.54) is 4.68 Å². The van der Waals surface area contributed by atoms with Gasteiger partial charge in [-0.05, 0) is 45.6 Å². The molecule has 0 unspecified atom stereocenters. The Hall–Kier alpha value is -2.88. The largest absolute Gasteiger partial charge is 0.436 e. The van der Waals surface area contributed by atoms with Crippen molar-refractivity contribution >= 4 is 17.8 Å². The molecule has 1 aliphatic carbocycles. The van der Waals surface area contributed by atoms with Gasteiger partial charge in [0.1, 0.15) is 5.69 Å². The van der Waals surface area contributed by atoms with Gasteiger partial charge in [0.15, 0.2) is 11.4 Å². The number of alkyl carbamates (subject to hydrolysis) is 1. The van der Waals surface area contributed by atoms with E-state index >= 15 is 0 Å². The van der Waals surface area contributed by atoms with Crippen molar-refractivity contribution in [3.8, 4) is 0 Å². The lowest BCUT2D eigenvalue weighted by Gasteiger charge is -2.28. The predicted molar refractivity (Wildman–Crippen MR) is 105 cm³/mol. The maximum atomic E-state index is 12.6. The van der Waals surface area contributed by atoms with Crippen LogP contribution >= 0.6 is 0 Å². The minimum absolute atomic E-state index is 0.0144. The first-order valence-electron chi connectivity index (χ1n) is 9.71. The average molecular weight is 404 g/mol. The summed E-state index contributed by atoms with van der Waals surface area (Å²) in [6.45, 7) is 4.08. The topological polar surface area (TPSA) is 123 Å². The van der Waals surface area contributed by atoms with Crippen molar-refractivity contribution in [2.24, 2.45) is 7.05 Å². The van der Waals surface area contributed by atoms with Crippen molar-refractivity contribution in [1.29, 1.82) is 0 Å². The molecular formula is C19H28N6O4. The summed E-state index contributed by atoms with van der Waals surface area (Å²) in [5.41, 5.74) is 0.976. The SMILES string of the molecule is COCc1cc(C(=O)Nc2cc(C3(OC(=O)NC(C)C)CCCC3)[nH]n2)n(C)n1. The summed E-state index contributed by atoms with van der Waals surface area (Å²) in [4.78, 5) is 24.8. The number of rotatable bonds is 7. The second-order valence-electron chi connectivity index (χ2n) is 7.59. The fourth-order valence-electron chi connectivity index (χ4n) is 3.57. The van der Waals surface area contributed by atoms with Crippen LogP contribution in [-0.4, -0.2) is 45.1 Å². The highest BCUT2D eigenvalue weighted by atomic mass is 16.6. The number of nitrogens with zero attached hydrogens (tertiary/aromatic N) is 3. The minimum Gasteiger partial charge on any atom is -0.436 e. The van der Waals surface area contributed by atoms with Gasteiger partial charge in [0, 0.05) is 26.3 Å². The van der Waals surface area contributed by atoms with E-state index in [1.807, 2.05) is 13.8 Å². The standard InChI is InChI=1S/C19H28N6O4/c1-12(2)20-18(27)29-19(7-5-6-8-19)15-10-16(23-22-15)21-17(26)14-9-13(11-28-4)24-25(14)3/h9-10,12H,5-8,11H2,1-4H3,(H,20,27)(H2,21,22,23,26). The smallest absolute Gasteiger partial charge is 0.408 e. The van der Waals surface area contributed by atoms with E-state index in [9.17, 15) is 9.59 Å². The zero-order chi connectivity index (χ0) is 21.0. The number of methoxy groups -OCH3 is 1. The minimum atomic E-state index is -0.757. The fraction of sp³-hybridized carbons (Fsp3) is 0.579. The molecule has 0 aromatic carbocycles. The quantitative estimate of drug-likeness (QED) is 0.651. The Morgan fingerprint density at radius 1 is 1.31 bits per heavy atom. The number of ether oxygens (including phenoxy) is 2. The van der Waals surface area contributed by atoms with Crippen LogP contribution in [0.1, 0.15) is 61.4 Å². The number of hydrogen-bond acceptors (Lipinski definition) is 6. The molecule has 158 valence electrons. The van der Waals surface area contributed by atoms with E-state index in [2.05, 4.69) is 25.9 Å². The van der Waals surface area contributed by atoms with Gasteiger partial charge < -0.3 is 20.1 Å². The number of carbonyl (C=O) groups is 2. The maximum absolute atomic E-state index is 12.6. The summed E-state index contributed by atoms with van der Waals surface area (Å²) < 4.78 is 12.3. The lowest BCUT2D eigenvalue weighted by Crippen LogP contribution is -2.38. The van der Waals surface area contributed by atoms with E-state index in [4.69, 9.17) is 9.47 Å². The van der Waals surface area contributed by atoms with Crippen LogP contribution in [0.5, 0.6) is 0 Å². The molecule has 2 aromatic heterocycles. The third-order valence-electron chi connectivity index (χ3n) is 4.87. The third-order valence-corrected chi connectivity index (χ3v) is 4.87. The Labute approximate surface area is 169 Å². The van der Waals surface area contributed by atoms with Crippen LogP contribution in [0.2, 0.25) is 0 Å². The van der Waals surface area contributed by atoms with Crippen LogP contribution in [-0.2, 0) is 28.7 Å². The zero-order valence-electron chi connectivity index (χ0n) is 17.2. The van der Waals surface area contributed by atoms with Gasteiger partial charge in [0.05, 0.1) is 18.0 Å². The monoisotopic (exact) mass is 404 g/mol. The Bertz CT molecular complexity index is 866. The molecule has 10 heteroatoms. The van der Waals surface area contributed by atoms with Crippen LogP contribution in [0.15, 0.2) is 12.1 Å². The molecule has 2 heterocycles. The van der Waals surface area contributed by atoms with Gasteiger partial charge >= 0.3 is 6.09 Å². The molecule has 0 spiro atoms. The first-order chi connectivity index (χ1) is 13.8. The van der Waals surface area contributed by atoms with E-state index in [0.717, 1.165) is 12.8 Å². The van der Waals surface area contributed by atoms with Gasteiger partial charge in [0.25, 0.3) is 5.91 Å². The number of H-pyrrole nitrogens is 1. The van der Waals surface area contributed by atoms with Crippen molar-refractivity contribution in [1.82, 2.24) is 25.3 Å². The molecule has 0 radical (unpaired) electrons. The molecule has 0 atom stereocenters. The zero-order valence-corrected chi connectivity index (χ0v) is 17.2. The summed E-state index contributed by atoms with van der Waals surface area (Å²) in [6, 6.07) is 3.38. The van der Waals surface area contributed by atoms with Gasteiger partial charge in [-0.3, -0.25) is 14.6 Å². The molecule has 1 fully saturated rings.